The van der Waals surface area contributed by atoms with Crippen molar-refractivity contribution < 1.29 is 9.53 Å². The van der Waals surface area contributed by atoms with Crippen molar-refractivity contribution in [3.8, 4) is 0 Å². The Hall–Kier alpha value is -1.36. The highest BCUT2D eigenvalue weighted by atomic mass is 16.5. The van der Waals surface area contributed by atoms with E-state index >= 15 is 0 Å². The molecule has 0 radical (unpaired) electrons. The summed E-state index contributed by atoms with van der Waals surface area (Å²) in [6.45, 7) is 5.90. The van der Waals surface area contributed by atoms with Crippen molar-refractivity contribution in [1.29, 1.82) is 0 Å². The van der Waals surface area contributed by atoms with Gasteiger partial charge in [-0.25, -0.2) is 4.98 Å². The summed E-state index contributed by atoms with van der Waals surface area (Å²) in [7, 11) is 0. The van der Waals surface area contributed by atoms with Crippen molar-refractivity contribution in [3.05, 3.63) is 18.2 Å². The zero-order chi connectivity index (χ0) is 14.7. The fourth-order valence-corrected chi connectivity index (χ4v) is 3.13. The maximum atomic E-state index is 12.1. The quantitative estimate of drug-likeness (QED) is 0.834. The maximum absolute atomic E-state index is 12.1. The first-order valence-electron chi connectivity index (χ1n) is 8.10. The molecule has 0 aromatic carbocycles. The molecule has 0 unspecified atom stereocenters. The van der Waals surface area contributed by atoms with Gasteiger partial charge >= 0.3 is 0 Å². The van der Waals surface area contributed by atoms with E-state index < -0.39 is 0 Å². The number of hydrogen-bond donors (Lipinski definition) is 0. The van der Waals surface area contributed by atoms with Gasteiger partial charge in [-0.3, -0.25) is 4.79 Å². The minimum absolute atomic E-state index is 0.216. The molecule has 1 aliphatic heterocycles. The van der Waals surface area contributed by atoms with Crippen LogP contribution in [0.15, 0.2) is 12.5 Å². The molecule has 0 bridgehead atoms. The number of nitrogens with zero attached hydrogens (tertiary/aromatic N) is 3. The SMILES string of the molecule is CCC(=O)N1Cc2cncn2C[C@H](COCC2CCC2)C1. The van der Waals surface area contributed by atoms with E-state index in [0.717, 1.165) is 37.9 Å². The molecule has 1 amide bonds. The van der Waals surface area contributed by atoms with Gasteiger partial charge in [0.25, 0.3) is 0 Å². The molecule has 5 nitrogen and oxygen atoms in total. The number of carbonyl (C=O) groups is 1. The van der Waals surface area contributed by atoms with E-state index in [-0.39, 0.29) is 5.91 Å². The number of carbonyl (C=O) groups excluding carboxylic acids is 1. The Labute approximate surface area is 126 Å². The zero-order valence-electron chi connectivity index (χ0n) is 12.8. The molecular formula is C16H25N3O2. The van der Waals surface area contributed by atoms with E-state index in [2.05, 4.69) is 9.55 Å². The number of imidazole rings is 1. The van der Waals surface area contributed by atoms with E-state index in [1.807, 2.05) is 24.3 Å². The summed E-state index contributed by atoms with van der Waals surface area (Å²) in [5.74, 6) is 1.35. The first-order valence-corrected chi connectivity index (χ1v) is 8.10. The van der Waals surface area contributed by atoms with Crippen molar-refractivity contribution in [2.24, 2.45) is 11.8 Å². The van der Waals surface area contributed by atoms with Gasteiger partial charge in [0.2, 0.25) is 5.91 Å². The molecule has 5 heteroatoms. The summed E-state index contributed by atoms with van der Waals surface area (Å²) >= 11 is 0. The second kappa shape index (κ2) is 6.60. The molecule has 1 aromatic rings. The molecule has 1 fully saturated rings. The average Bonchev–Trinajstić information content (AvgIpc) is 2.79. The summed E-state index contributed by atoms with van der Waals surface area (Å²) in [6.07, 6.45) is 8.29. The Kier molecular flexibility index (Phi) is 4.58. The first kappa shape index (κ1) is 14.6. The van der Waals surface area contributed by atoms with Gasteiger partial charge in [0, 0.05) is 38.2 Å². The van der Waals surface area contributed by atoms with Crippen LogP contribution in [0.3, 0.4) is 0 Å². The minimum atomic E-state index is 0.216. The van der Waals surface area contributed by atoms with Gasteiger partial charge in [0.15, 0.2) is 0 Å². The van der Waals surface area contributed by atoms with E-state index in [9.17, 15) is 4.79 Å². The normalized spacial score (nSPS) is 22.5. The van der Waals surface area contributed by atoms with Crippen LogP contribution in [-0.4, -0.2) is 40.1 Å². The molecule has 0 N–H and O–H groups in total. The van der Waals surface area contributed by atoms with Crippen molar-refractivity contribution in [1.82, 2.24) is 14.5 Å². The fraction of sp³-hybridized carbons (Fsp3) is 0.750. The predicted octanol–water partition coefficient (Wildman–Crippen LogP) is 2.07. The molecule has 1 saturated carbocycles. The van der Waals surface area contributed by atoms with E-state index in [4.69, 9.17) is 4.74 Å². The van der Waals surface area contributed by atoms with Crippen LogP contribution in [0.2, 0.25) is 0 Å². The van der Waals surface area contributed by atoms with E-state index in [0.29, 0.717) is 18.9 Å². The number of aromatic nitrogens is 2. The zero-order valence-corrected chi connectivity index (χ0v) is 12.8. The lowest BCUT2D eigenvalue weighted by Crippen LogP contribution is -2.35. The van der Waals surface area contributed by atoms with Crippen LogP contribution in [0.25, 0.3) is 0 Å². The topological polar surface area (TPSA) is 47.4 Å². The van der Waals surface area contributed by atoms with Gasteiger partial charge in [0.1, 0.15) is 0 Å². The summed E-state index contributed by atoms with van der Waals surface area (Å²) in [4.78, 5) is 18.3. The molecule has 0 spiro atoms. The molecule has 1 aromatic heterocycles. The van der Waals surface area contributed by atoms with Crippen molar-refractivity contribution in [2.75, 3.05) is 19.8 Å². The van der Waals surface area contributed by atoms with Crippen LogP contribution in [0.4, 0.5) is 0 Å². The molecule has 21 heavy (non-hydrogen) atoms. The molecule has 1 atom stereocenters. The van der Waals surface area contributed by atoms with Gasteiger partial charge in [0.05, 0.1) is 25.2 Å². The largest absolute Gasteiger partial charge is 0.381 e. The van der Waals surface area contributed by atoms with Crippen LogP contribution in [0.5, 0.6) is 0 Å². The number of amides is 1. The molecular weight excluding hydrogens is 266 g/mol. The smallest absolute Gasteiger partial charge is 0.222 e. The predicted molar refractivity (Wildman–Crippen MR) is 79.6 cm³/mol. The highest BCUT2D eigenvalue weighted by molar-refractivity contribution is 5.75. The lowest BCUT2D eigenvalue weighted by atomic mass is 9.86. The third-order valence-electron chi connectivity index (χ3n) is 4.67. The maximum Gasteiger partial charge on any atom is 0.222 e. The molecule has 2 heterocycles. The van der Waals surface area contributed by atoms with E-state index in [1.54, 1.807) is 0 Å². The van der Waals surface area contributed by atoms with Crippen LogP contribution < -0.4 is 0 Å². The lowest BCUT2D eigenvalue weighted by Gasteiger charge is -2.27. The standard InChI is InChI=1S/C16H25N3O2/c1-2-16(20)18-7-14(11-21-10-13-4-3-5-13)8-19-12-17-6-15(19)9-18/h6,12-14H,2-5,7-11H2,1H3/t14-/m1/s1. The van der Waals surface area contributed by atoms with E-state index in [1.165, 1.54) is 19.3 Å². The Bertz CT molecular complexity index is 482. The Morgan fingerprint density at radius 1 is 1.33 bits per heavy atom. The van der Waals surface area contributed by atoms with Gasteiger partial charge in [-0.05, 0) is 18.8 Å². The second-order valence-corrected chi connectivity index (χ2v) is 6.37. The van der Waals surface area contributed by atoms with Crippen LogP contribution in [0, 0.1) is 11.8 Å². The fourth-order valence-electron chi connectivity index (χ4n) is 3.13. The summed E-state index contributed by atoms with van der Waals surface area (Å²) < 4.78 is 8.08. The number of rotatable bonds is 5. The molecule has 116 valence electrons. The van der Waals surface area contributed by atoms with Gasteiger partial charge in [-0.1, -0.05) is 13.3 Å². The van der Waals surface area contributed by atoms with Gasteiger partial charge in [-0.15, -0.1) is 0 Å². The molecule has 2 aliphatic rings. The number of ether oxygens (including phenoxy) is 1. The summed E-state index contributed by atoms with van der Waals surface area (Å²) in [5.41, 5.74) is 1.12. The highest BCUT2D eigenvalue weighted by Gasteiger charge is 2.25. The lowest BCUT2D eigenvalue weighted by molar-refractivity contribution is -0.132. The monoisotopic (exact) mass is 291 g/mol. The van der Waals surface area contributed by atoms with Crippen molar-refractivity contribution >= 4 is 5.91 Å². The molecule has 1 aliphatic carbocycles. The first-order chi connectivity index (χ1) is 10.3. The number of hydrogen-bond acceptors (Lipinski definition) is 3. The van der Waals surface area contributed by atoms with Gasteiger partial charge in [-0.2, -0.15) is 0 Å². The molecule has 3 rings (SSSR count). The second-order valence-electron chi connectivity index (χ2n) is 6.37. The Morgan fingerprint density at radius 3 is 2.86 bits per heavy atom. The summed E-state index contributed by atoms with van der Waals surface area (Å²) in [5, 5.41) is 0. The average molecular weight is 291 g/mol. The van der Waals surface area contributed by atoms with Crippen LogP contribution in [0.1, 0.15) is 38.3 Å². The van der Waals surface area contributed by atoms with Crippen LogP contribution in [-0.2, 0) is 22.6 Å². The Balaban J connectivity index is 1.60. The van der Waals surface area contributed by atoms with Crippen molar-refractivity contribution in [3.63, 3.8) is 0 Å². The highest BCUT2D eigenvalue weighted by Crippen LogP contribution is 2.26. The third kappa shape index (κ3) is 3.46. The van der Waals surface area contributed by atoms with Crippen molar-refractivity contribution in [2.45, 2.75) is 45.7 Å². The van der Waals surface area contributed by atoms with Crippen LogP contribution >= 0.6 is 0 Å². The minimum Gasteiger partial charge on any atom is -0.381 e. The number of fused-ring (bicyclic) bond motifs is 1. The van der Waals surface area contributed by atoms with Gasteiger partial charge < -0.3 is 14.2 Å². The molecule has 0 saturated heterocycles. The Morgan fingerprint density at radius 2 is 2.14 bits per heavy atom. The summed E-state index contributed by atoms with van der Waals surface area (Å²) in [6, 6.07) is 0. The third-order valence-corrected chi connectivity index (χ3v) is 4.67.